The van der Waals surface area contributed by atoms with Crippen LogP contribution in [-0.4, -0.2) is 4.57 Å². The van der Waals surface area contributed by atoms with Crippen LogP contribution >= 0.6 is 0 Å². The summed E-state index contributed by atoms with van der Waals surface area (Å²) in [7, 11) is 0. The number of anilines is 3. The van der Waals surface area contributed by atoms with Crippen molar-refractivity contribution < 1.29 is 4.42 Å². The SMILES string of the molecule is c1cc(-c2ccc(N(c3ccc(-c4cccc(-n5c6ccccc6c6ccccc65)c4)cc3)c3ccc(-c4cccc5oc6ccccc6c45)cc3)cc2)cc(-c2ccc3ccccc3c2)c1. The van der Waals surface area contributed by atoms with E-state index in [9.17, 15) is 0 Å². The highest BCUT2D eigenvalue weighted by Crippen LogP contribution is 2.41. The first-order chi connectivity index (χ1) is 33.2. The Labute approximate surface area is 388 Å². The Hall–Kier alpha value is -8.92. The molecule has 0 N–H and O–H groups in total. The van der Waals surface area contributed by atoms with Crippen molar-refractivity contribution in [3.63, 3.8) is 0 Å². The van der Waals surface area contributed by atoms with E-state index in [0.717, 1.165) is 66.9 Å². The van der Waals surface area contributed by atoms with Gasteiger partial charge >= 0.3 is 0 Å². The van der Waals surface area contributed by atoms with Crippen LogP contribution in [0.15, 0.2) is 259 Å². The van der Waals surface area contributed by atoms with Crippen LogP contribution in [0.1, 0.15) is 0 Å². The first-order valence-electron chi connectivity index (χ1n) is 22.9. The Morgan fingerprint density at radius 2 is 0.776 bits per heavy atom. The topological polar surface area (TPSA) is 21.3 Å². The zero-order valence-corrected chi connectivity index (χ0v) is 36.6. The Bertz CT molecular complexity index is 3920. The van der Waals surface area contributed by atoms with E-state index in [1.165, 1.54) is 54.8 Å². The van der Waals surface area contributed by atoms with Gasteiger partial charge in [-0.3, -0.25) is 0 Å². The van der Waals surface area contributed by atoms with Crippen LogP contribution in [0.4, 0.5) is 17.1 Å². The normalized spacial score (nSPS) is 11.6. The quantitative estimate of drug-likeness (QED) is 0.152. The molecule has 13 rings (SSSR count). The molecule has 0 unspecified atom stereocenters. The number of hydrogen-bond donors (Lipinski definition) is 0. The summed E-state index contributed by atoms with van der Waals surface area (Å²) in [5.74, 6) is 0. The Morgan fingerprint density at radius 1 is 0.299 bits per heavy atom. The number of furan rings is 1. The second kappa shape index (κ2) is 16.0. The number of fused-ring (bicyclic) bond motifs is 7. The van der Waals surface area contributed by atoms with Crippen molar-refractivity contribution in [2.75, 3.05) is 4.90 Å². The van der Waals surface area contributed by atoms with E-state index in [0.29, 0.717) is 0 Å². The highest BCUT2D eigenvalue weighted by Gasteiger charge is 2.17. The van der Waals surface area contributed by atoms with Gasteiger partial charge in [-0.05, 0) is 140 Å². The predicted octanol–water partition coefficient (Wildman–Crippen LogP) is 18.0. The number of aromatic nitrogens is 1. The Morgan fingerprint density at radius 3 is 1.45 bits per heavy atom. The molecule has 0 radical (unpaired) electrons. The number of hydrogen-bond acceptors (Lipinski definition) is 2. The van der Waals surface area contributed by atoms with Gasteiger partial charge in [0.15, 0.2) is 0 Å². The summed E-state index contributed by atoms with van der Waals surface area (Å²) >= 11 is 0. The van der Waals surface area contributed by atoms with Crippen LogP contribution in [0.2, 0.25) is 0 Å². The highest BCUT2D eigenvalue weighted by atomic mass is 16.3. The lowest BCUT2D eigenvalue weighted by atomic mass is 9.97. The van der Waals surface area contributed by atoms with Gasteiger partial charge < -0.3 is 13.9 Å². The summed E-state index contributed by atoms with van der Waals surface area (Å²) in [5, 5.41) is 7.28. The molecule has 0 saturated heterocycles. The minimum atomic E-state index is 0.896. The van der Waals surface area contributed by atoms with E-state index < -0.39 is 0 Å². The lowest BCUT2D eigenvalue weighted by Crippen LogP contribution is -2.09. The monoisotopic (exact) mass is 854 g/mol. The van der Waals surface area contributed by atoms with Crippen LogP contribution in [0.3, 0.4) is 0 Å². The average Bonchev–Trinajstić information content (AvgIpc) is 3.96. The van der Waals surface area contributed by atoms with Crippen LogP contribution in [0, 0.1) is 0 Å². The smallest absolute Gasteiger partial charge is 0.136 e. The summed E-state index contributed by atoms with van der Waals surface area (Å²) in [4.78, 5) is 2.35. The summed E-state index contributed by atoms with van der Waals surface area (Å²) in [6, 6.07) is 91.9. The zero-order chi connectivity index (χ0) is 44.3. The maximum absolute atomic E-state index is 6.27. The van der Waals surface area contributed by atoms with E-state index in [1.807, 2.05) is 12.1 Å². The molecule has 314 valence electrons. The Balaban J connectivity index is 0.872. The van der Waals surface area contributed by atoms with Crippen molar-refractivity contribution in [2.24, 2.45) is 0 Å². The van der Waals surface area contributed by atoms with E-state index in [4.69, 9.17) is 4.42 Å². The summed E-state index contributed by atoms with van der Waals surface area (Å²) in [5.41, 5.74) is 17.9. The van der Waals surface area contributed by atoms with E-state index in [2.05, 4.69) is 252 Å². The summed E-state index contributed by atoms with van der Waals surface area (Å²) < 4.78 is 8.65. The van der Waals surface area contributed by atoms with Gasteiger partial charge in [-0.25, -0.2) is 0 Å². The minimum Gasteiger partial charge on any atom is -0.456 e. The second-order valence-corrected chi connectivity index (χ2v) is 17.3. The van der Waals surface area contributed by atoms with Crippen molar-refractivity contribution in [2.45, 2.75) is 0 Å². The van der Waals surface area contributed by atoms with Crippen LogP contribution < -0.4 is 4.90 Å². The van der Waals surface area contributed by atoms with Gasteiger partial charge in [0.25, 0.3) is 0 Å². The Kier molecular flexibility index (Phi) is 9.17. The summed E-state index contributed by atoms with van der Waals surface area (Å²) in [6.07, 6.45) is 0. The lowest BCUT2D eigenvalue weighted by Gasteiger charge is -2.26. The first-order valence-corrected chi connectivity index (χ1v) is 22.9. The van der Waals surface area contributed by atoms with Crippen molar-refractivity contribution in [1.82, 2.24) is 4.57 Å². The number of benzene rings is 11. The van der Waals surface area contributed by atoms with E-state index in [-0.39, 0.29) is 0 Å². The number of para-hydroxylation sites is 3. The molecule has 67 heavy (non-hydrogen) atoms. The lowest BCUT2D eigenvalue weighted by molar-refractivity contribution is 0.669. The molecule has 11 aromatic carbocycles. The molecule has 3 nitrogen and oxygen atoms in total. The standard InChI is InChI=1S/C64H42N2O/c1-2-13-47-41-51(27-26-43(47)12-1)49-15-9-14-48(40-49)44-28-34-52(35-29-44)65(54-38-32-46(33-39-54)56-21-11-25-63-64(56)59-20-5-8-24-62(59)67-63)53-36-30-45(31-37-53)50-16-10-17-55(42-50)66-60-22-6-3-18-57(60)58-19-4-7-23-61(58)66/h1-42H. The molecule has 0 amide bonds. The van der Waals surface area contributed by atoms with Crippen molar-refractivity contribution in [1.29, 1.82) is 0 Å². The highest BCUT2D eigenvalue weighted by molar-refractivity contribution is 6.12. The van der Waals surface area contributed by atoms with E-state index in [1.54, 1.807) is 0 Å². The third-order valence-corrected chi connectivity index (χ3v) is 13.4. The number of nitrogens with zero attached hydrogens (tertiary/aromatic N) is 2. The molecule has 0 aliphatic rings. The van der Waals surface area contributed by atoms with E-state index >= 15 is 0 Å². The van der Waals surface area contributed by atoms with Gasteiger partial charge in [-0.1, -0.05) is 170 Å². The minimum absolute atomic E-state index is 0.896. The largest absolute Gasteiger partial charge is 0.456 e. The molecule has 0 bridgehead atoms. The molecule has 0 atom stereocenters. The third kappa shape index (κ3) is 6.76. The summed E-state index contributed by atoms with van der Waals surface area (Å²) in [6.45, 7) is 0. The maximum atomic E-state index is 6.27. The molecule has 0 fully saturated rings. The van der Waals surface area contributed by atoms with Crippen LogP contribution in [0.5, 0.6) is 0 Å². The van der Waals surface area contributed by atoms with Gasteiger partial charge in [-0.15, -0.1) is 0 Å². The zero-order valence-electron chi connectivity index (χ0n) is 36.6. The molecule has 0 saturated carbocycles. The van der Waals surface area contributed by atoms with Crippen LogP contribution in [0.25, 0.3) is 105 Å². The van der Waals surface area contributed by atoms with Crippen molar-refractivity contribution >= 4 is 71.6 Å². The molecular weight excluding hydrogens is 813 g/mol. The molecule has 0 aliphatic carbocycles. The van der Waals surface area contributed by atoms with Gasteiger partial charge in [-0.2, -0.15) is 0 Å². The van der Waals surface area contributed by atoms with Gasteiger partial charge in [0, 0.05) is 44.3 Å². The maximum Gasteiger partial charge on any atom is 0.136 e. The molecule has 2 heterocycles. The molecule has 0 aliphatic heterocycles. The second-order valence-electron chi connectivity index (χ2n) is 17.3. The molecular formula is C64H42N2O. The fourth-order valence-corrected chi connectivity index (χ4v) is 10.1. The fourth-order valence-electron chi connectivity index (χ4n) is 10.1. The molecule has 3 heteroatoms. The number of rotatable bonds is 8. The average molecular weight is 855 g/mol. The molecule has 2 aromatic heterocycles. The van der Waals surface area contributed by atoms with Crippen molar-refractivity contribution in [3.05, 3.63) is 255 Å². The predicted molar refractivity (Wildman–Crippen MR) is 282 cm³/mol. The van der Waals surface area contributed by atoms with Gasteiger partial charge in [0.1, 0.15) is 11.2 Å². The van der Waals surface area contributed by atoms with Gasteiger partial charge in [0.05, 0.1) is 11.0 Å². The first kappa shape index (κ1) is 38.5. The molecule has 0 spiro atoms. The van der Waals surface area contributed by atoms with Gasteiger partial charge in [0.2, 0.25) is 0 Å². The molecule has 13 aromatic rings. The van der Waals surface area contributed by atoms with Crippen molar-refractivity contribution in [3.8, 4) is 50.2 Å². The van der Waals surface area contributed by atoms with Crippen LogP contribution in [-0.2, 0) is 0 Å². The fraction of sp³-hybridized carbons (Fsp3) is 0. The third-order valence-electron chi connectivity index (χ3n) is 13.4.